The lowest BCUT2D eigenvalue weighted by Gasteiger charge is -2.38. The van der Waals surface area contributed by atoms with E-state index in [-0.39, 0.29) is 0 Å². The van der Waals surface area contributed by atoms with Gasteiger partial charge < -0.3 is 10.2 Å². The average molecular weight is 652 g/mol. The second-order valence-electron chi connectivity index (χ2n) is 9.89. The summed E-state index contributed by atoms with van der Waals surface area (Å²) in [7, 11) is 0. The van der Waals surface area contributed by atoms with Crippen molar-refractivity contribution in [2.75, 3.05) is 16.8 Å². The zero-order valence-corrected chi connectivity index (χ0v) is 25.6. The second-order valence-corrected chi connectivity index (χ2v) is 11.6. The standard InChI is InChI=1S/C28H26Cl4N6O4/c1-16(17-10-11-22(31)23(32)12-17)34-35-24(39)15-36-27(41)37(21-9-5-7-19(30)14-21)25(28(36,2)3)38(42)26(40)33-20-8-4-6-18(29)13-20/h4-14,25,42H,15H2,1-3H3,(H,33,40)(H,35,39)/b34-16+/t25-/m1/s1. The molecule has 1 aliphatic rings. The molecule has 1 heterocycles. The number of hydroxylamine groups is 2. The minimum absolute atomic E-state index is 0.302. The highest BCUT2D eigenvalue weighted by Crippen LogP contribution is 2.38. The lowest BCUT2D eigenvalue weighted by atomic mass is 9.99. The summed E-state index contributed by atoms with van der Waals surface area (Å²) in [6, 6.07) is 16.1. The number of benzene rings is 3. The van der Waals surface area contributed by atoms with Gasteiger partial charge in [-0.25, -0.2) is 15.0 Å². The van der Waals surface area contributed by atoms with Crippen LogP contribution >= 0.6 is 46.4 Å². The zero-order chi connectivity index (χ0) is 30.8. The third-order valence-electron chi connectivity index (χ3n) is 6.60. The van der Waals surface area contributed by atoms with Crippen molar-refractivity contribution in [2.24, 2.45) is 5.10 Å². The largest absolute Gasteiger partial charge is 0.347 e. The summed E-state index contributed by atoms with van der Waals surface area (Å²) >= 11 is 24.3. The molecule has 220 valence electrons. The van der Waals surface area contributed by atoms with E-state index in [4.69, 9.17) is 46.4 Å². The fourth-order valence-electron chi connectivity index (χ4n) is 4.46. The van der Waals surface area contributed by atoms with Gasteiger partial charge in [-0.05, 0) is 74.9 Å². The number of nitrogens with one attached hydrogen (secondary N) is 2. The maximum absolute atomic E-state index is 13.8. The van der Waals surface area contributed by atoms with Gasteiger partial charge in [-0.15, -0.1) is 0 Å². The highest BCUT2D eigenvalue weighted by Gasteiger charge is 2.56. The third kappa shape index (κ3) is 6.74. The molecule has 0 aromatic heterocycles. The Labute approximate surface area is 262 Å². The first-order chi connectivity index (χ1) is 19.8. The van der Waals surface area contributed by atoms with Gasteiger partial charge in [-0.2, -0.15) is 10.2 Å². The fourth-order valence-corrected chi connectivity index (χ4v) is 5.14. The quantitative estimate of drug-likeness (QED) is 0.143. The first-order valence-electron chi connectivity index (χ1n) is 12.5. The Morgan fingerprint density at radius 2 is 1.64 bits per heavy atom. The van der Waals surface area contributed by atoms with Crippen LogP contribution in [0.3, 0.4) is 0 Å². The van der Waals surface area contributed by atoms with Crippen molar-refractivity contribution < 1.29 is 19.6 Å². The number of hydrogen-bond donors (Lipinski definition) is 3. The van der Waals surface area contributed by atoms with Gasteiger partial charge in [-0.1, -0.05) is 64.6 Å². The Kier molecular flexibility index (Phi) is 9.54. The molecule has 4 rings (SSSR count). The van der Waals surface area contributed by atoms with Crippen LogP contribution in [0, 0.1) is 0 Å². The van der Waals surface area contributed by atoms with E-state index in [1.54, 1.807) is 75.4 Å². The summed E-state index contributed by atoms with van der Waals surface area (Å²) in [6.45, 7) is 4.46. The van der Waals surface area contributed by atoms with Gasteiger partial charge in [0.2, 0.25) is 0 Å². The minimum Gasteiger partial charge on any atom is -0.306 e. The number of anilines is 2. The van der Waals surface area contributed by atoms with Crippen LogP contribution in [0.15, 0.2) is 71.8 Å². The topological polar surface area (TPSA) is 118 Å². The van der Waals surface area contributed by atoms with E-state index < -0.39 is 36.2 Å². The summed E-state index contributed by atoms with van der Waals surface area (Å²) in [5, 5.41) is 19.7. The van der Waals surface area contributed by atoms with E-state index in [1.165, 1.54) is 21.9 Å². The Morgan fingerprint density at radius 3 is 2.29 bits per heavy atom. The number of carbonyl (C=O) groups excluding carboxylic acids is 3. The minimum atomic E-state index is -1.29. The molecule has 10 nitrogen and oxygen atoms in total. The molecule has 0 spiro atoms. The number of hydrazone groups is 1. The van der Waals surface area contributed by atoms with Crippen molar-refractivity contribution in [1.82, 2.24) is 15.4 Å². The van der Waals surface area contributed by atoms with Crippen molar-refractivity contribution in [3.8, 4) is 0 Å². The molecule has 1 fully saturated rings. The van der Waals surface area contributed by atoms with E-state index in [1.807, 2.05) is 0 Å². The molecule has 0 radical (unpaired) electrons. The summed E-state index contributed by atoms with van der Waals surface area (Å²) in [5.74, 6) is -0.615. The van der Waals surface area contributed by atoms with E-state index in [0.29, 0.717) is 47.8 Å². The predicted molar refractivity (Wildman–Crippen MR) is 165 cm³/mol. The molecule has 0 saturated carbocycles. The zero-order valence-electron chi connectivity index (χ0n) is 22.6. The van der Waals surface area contributed by atoms with E-state index in [9.17, 15) is 19.6 Å². The Balaban J connectivity index is 1.60. The summed E-state index contributed by atoms with van der Waals surface area (Å²) in [4.78, 5) is 42.4. The van der Waals surface area contributed by atoms with Crippen molar-refractivity contribution >= 4 is 81.5 Å². The molecule has 1 atom stereocenters. The van der Waals surface area contributed by atoms with Crippen molar-refractivity contribution in [3.05, 3.63) is 92.4 Å². The number of amides is 5. The van der Waals surface area contributed by atoms with E-state index in [0.717, 1.165) is 0 Å². The molecule has 1 aliphatic heterocycles. The second kappa shape index (κ2) is 12.8. The Bertz CT molecular complexity index is 1570. The normalized spacial score (nSPS) is 16.4. The first-order valence-corrected chi connectivity index (χ1v) is 14.0. The van der Waals surface area contributed by atoms with Gasteiger partial charge in [0.15, 0.2) is 6.17 Å². The fraction of sp³-hybridized carbons (Fsp3) is 0.214. The molecule has 3 N–H and O–H groups in total. The number of hydrogen-bond acceptors (Lipinski definition) is 5. The van der Waals surface area contributed by atoms with Crippen LogP contribution in [-0.4, -0.2) is 57.1 Å². The maximum atomic E-state index is 13.8. The van der Waals surface area contributed by atoms with Crippen LogP contribution < -0.4 is 15.6 Å². The lowest BCUT2D eigenvalue weighted by Crippen LogP contribution is -2.58. The molecule has 14 heteroatoms. The van der Waals surface area contributed by atoms with Crippen LogP contribution in [0.1, 0.15) is 26.3 Å². The van der Waals surface area contributed by atoms with Crippen LogP contribution in [0.25, 0.3) is 0 Å². The monoisotopic (exact) mass is 650 g/mol. The number of halogens is 4. The molecule has 0 aliphatic carbocycles. The SMILES string of the molecule is C/C(=N\NC(=O)CN1C(=O)N(c2cccc(Cl)c2)[C@H](N(O)C(=O)Nc2cccc(Cl)c2)C1(C)C)c1ccc(Cl)c(Cl)c1. The Morgan fingerprint density at radius 1 is 0.976 bits per heavy atom. The highest BCUT2D eigenvalue weighted by molar-refractivity contribution is 6.42. The van der Waals surface area contributed by atoms with Crippen LogP contribution in [0.4, 0.5) is 21.0 Å². The summed E-state index contributed by atoms with van der Waals surface area (Å²) in [5.41, 5.74) is 2.86. The smallest absolute Gasteiger partial charge is 0.306 e. The first kappa shape index (κ1) is 31.4. The van der Waals surface area contributed by atoms with Gasteiger partial charge in [0.05, 0.1) is 21.3 Å². The molecule has 3 aromatic carbocycles. The number of urea groups is 2. The summed E-state index contributed by atoms with van der Waals surface area (Å²) in [6.07, 6.45) is -1.28. The number of rotatable bonds is 7. The van der Waals surface area contributed by atoms with Crippen molar-refractivity contribution in [1.29, 1.82) is 0 Å². The lowest BCUT2D eigenvalue weighted by molar-refractivity contribution is -0.124. The van der Waals surface area contributed by atoms with E-state index >= 15 is 0 Å². The van der Waals surface area contributed by atoms with Gasteiger partial charge in [0, 0.05) is 21.4 Å². The van der Waals surface area contributed by atoms with Crippen molar-refractivity contribution in [2.45, 2.75) is 32.5 Å². The Hall–Kier alpha value is -3.54. The third-order valence-corrected chi connectivity index (χ3v) is 7.81. The maximum Gasteiger partial charge on any atom is 0.347 e. The molecular weight excluding hydrogens is 626 g/mol. The molecule has 0 unspecified atom stereocenters. The highest BCUT2D eigenvalue weighted by atomic mass is 35.5. The van der Waals surface area contributed by atoms with E-state index in [2.05, 4.69) is 15.8 Å². The molecular formula is C28H26Cl4N6O4. The van der Waals surface area contributed by atoms with Gasteiger partial charge in [0.1, 0.15) is 6.54 Å². The molecule has 42 heavy (non-hydrogen) atoms. The van der Waals surface area contributed by atoms with Gasteiger partial charge in [0.25, 0.3) is 5.91 Å². The van der Waals surface area contributed by atoms with Gasteiger partial charge >= 0.3 is 12.1 Å². The molecule has 3 aromatic rings. The van der Waals surface area contributed by atoms with Gasteiger partial charge in [-0.3, -0.25) is 14.9 Å². The number of carbonyl (C=O) groups is 3. The molecule has 5 amide bonds. The van der Waals surface area contributed by atoms with Crippen LogP contribution in [-0.2, 0) is 4.79 Å². The predicted octanol–water partition coefficient (Wildman–Crippen LogP) is 7.11. The number of nitrogens with zero attached hydrogens (tertiary/aromatic N) is 4. The van der Waals surface area contributed by atoms with Crippen LogP contribution in [0.5, 0.6) is 0 Å². The summed E-state index contributed by atoms with van der Waals surface area (Å²) < 4.78 is 0. The molecule has 0 bridgehead atoms. The molecule has 1 saturated heterocycles. The van der Waals surface area contributed by atoms with Crippen LogP contribution in [0.2, 0.25) is 20.1 Å². The average Bonchev–Trinajstić information content (AvgIpc) is 3.13. The van der Waals surface area contributed by atoms with Crippen molar-refractivity contribution in [3.63, 3.8) is 0 Å².